The second-order valence-corrected chi connectivity index (χ2v) is 4.08. The largest absolute Gasteiger partial charge is 0.300 e. The van der Waals surface area contributed by atoms with E-state index in [1.165, 1.54) is 30.8 Å². The number of hydrogen-bond acceptors (Lipinski definition) is 2. The normalized spacial score (nSPS) is 21.1. The maximum Gasteiger partial charge on any atom is 0.0173 e. The van der Waals surface area contributed by atoms with Crippen LogP contribution in [0.25, 0.3) is 0 Å². The minimum absolute atomic E-state index is 1.16. The van der Waals surface area contributed by atoms with Crippen LogP contribution in [0.15, 0.2) is 11.0 Å². The van der Waals surface area contributed by atoms with Crippen molar-refractivity contribution in [2.24, 2.45) is 0 Å². The third-order valence-electron chi connectivity index (χ3n) is 2.16. The number of allylic oxidation sites excluding steroid dienone is 1. The number of thioether (sulfide) groups is 1. The van der Waals surface area contributed by atoms with Gasteiger partial charge in [0.1, 0.15) is 0 Å². The van der Waals surface area contributed by atoms with Gasteiger partial charge in [0.2, 0.25) is 0 Å². The molecule has 64 valence electrons. The number of likely N-dealkylation sites (tertiary alicyclic amines) is 1. The monoisotopic (exact) mass is 171 g/mol. The lowest BCUT2D eigenvalue weighted by Gasteiger charge is -2.11. The average Bonchev–Trinajstić information content (AvgIpc) is 2.52. The summed E-state index contributed by atoms with van der Waals surface area (Å²) in [6, 6.07) is 0. The van der Waals surface area contributed by atoms with Crippen LogP contribution in [0.4, 0.5) is 0 Å². The lowest BCUT2D eigenvalue weighted by molar-refractivity contribution is 0.377. The van der Waals surface area contributed by atoms with Gasteiger partial charge in [-0.15, -0.1) is 11.8 Å². The molecule has 0 spiro atoms. The summed E-state index contributed by atoms with van der Waals surface area (Å²) in [7, 11) is 0. The molecule has 0 aromatic heterocycles. The summed E-state index contributed by atoms with van der Waals surface area (Å²) >= 11 is 1.84. The Hall–Kier alpha value is 0.0500. The fourth-order valence-electron chi connectivity index (χ4n) is 1.31. The summed E-state index contributed by atoms with van der Waals surface area (Å²) in [6.45, 7) is 5.95. The van der Waals surface area contributed by atoms with Crippen molar-refractivity contribution in [2.45, 2.75) is 19.8 Å². The standard InChI is InChI=1S/C9H17NS/c1-9(11-2)5-8-10-6-3-4-7-10/h5H,3-4,6-8H2,1-2H3. The van der Waals surface area contributed by atoms with Gasteiger partial charge in [0.25, 0.3) is 0 Å². The number of hydrogen-bond donors (Lipinski definition) is 0. The van der Waals surface area contributed by atoms with Crippen LogP contribution in [0.1, 0.15) is 19.8 Å². The highest BCUT2D eigenvalue weighted by molar-refractivity contribution is 8.02. The van der Waals surface area contributed by atoms with Gasteiger partial charge in [0.05, 0.1) is 0 Å². The molecule has 1 saturated heterocycles. The van der Waals surface area contributed by atoms with E-state index >= 15 is 0 Å². The molecular formula is C9H17NS. The third kappa shape index (κ3) is 3.30. The Balaban J connectivity index is 2.19. The molecule has 0 bridgehead atoms. The molecule has 2 heteroatoms. The lowest BCUT2D eigenvalue weighted by Crippen LogP contribution is -2.18. The van der Waals surface area contributed by atoms with Crippen molar-refractivity contribution in [1.29, 1.82) is 0 Å². The summed E-state index contributed by atoms with van der Waals surface area (Å²) in [4.78, 5) is 3.96. The maximum absolute atomic E-state index is 2.51. The predicted octanol–water partition coefficient (Wildman–Crippen LogP) is 2.35. The van der Waals surface area contributed by atoms with Crippen molar-refractivity contribution in [2.75, 3.05) is 25.9 Å². The van der Waals surface area contributed by atoms with Crippen molar-refractivity contribution >= 4 is 11.8 Å². The topological polar surface area (TPSA) is 3.24 Å². The summed E-state index contributed by atoms with van der Waals surface area (Å²) in [6.07, 6.45) is 7.25. The maximum atomic E-state index is 2.51. The molecule has 0 radical (unpaired) electrons. The van der Waals surface area contributed by atoms with Gasteiger partial charge in [0, 0.05) is 6.54 Å². The van der Waals surface area contributed by atoms with E-state index in [1.807, 2.05) is 11.8 Å². The quantitative estimate of drug-likeness (QED) is 0.641. The molecule has 0 aromatic carbocycles. The fourth-order valence-corrected chi connectivity index (χ4v) is 1.55. The van der Waals surface area contributed by atoms with Crippen LogP contribution in [0, 0.1) is 0 Å². The molecule has 0 unspecified atom stereocenters. The summed E-state index contributed by atoms with van der Waals surface area (Å²) in [5.74, 6) is 0. The molecule has 0 saturated carbocycles. The van der Waals surface area contributed by atoms with E-state index < -0.39 is 0 Å². The van der Waals surface area contributed by atoms with Gasteiger partial charge < -0.3 is 0 Å². The van der Waals surface area contributed by atoms with Crippen LogP contribution in [0.5, 0.6) is 0 Å². The van der Waals surface area contributed by atoms with Gasteiger partial charge in [-0.05, 0) is 44.0 Å². The van der Waals surface area contributed by atoms with Crippen LogP contribution < -0.4 is 0 Å². The molecule has 1 rings (SSSR count). The van der Waals surface area contributed by atoms with E-state index in [0.717, 1.165) is 6.54 Å². The highest BCUT2D eigenvalue weighted by Crippen LogP contribution is 2.11. The molecule has 0 N–H and O–H groups in total. The van der Waals surface area contributed by atoms with Crippen molar-refractivity contribution in [3.8, 4) is 0 Å². The molecule has 1 aliphatic rings. The molecule has 0 amide bonds. The summed E-state index contributed by atoms with van der Waals surface area (Å²) < 4.78 is 0. The first-order valence-electron chi connectivity index (χ1n) is 4.26. The van der Waals surface area contributed by atoms with Crippen molar-refractivity contribution < 1.29 is 0 Å². The van der Waals surface area contributed by atoms with Crippen molar-refractivity contribution in [3.63, 3.8) is 0 Å². The molecule has 1 aliphatic heterocycles. The van der Waals surface area contributed by atoms with E-state index in [9.17, 15) is 0 Å². The lowest BCUT2D eigenvalue weighted by atomic mass is 10.4. The van der Waals surface area contributed by atoms with Gasteiger partial charge in [-0.3, -0.25) is 4.90 Å². The predicted molar refractivity (Wildman–Crippen MR) is 52.9 cm³/mol. The van der Waals surface area contributed by atoms with Gasteiger partial charge >= 0.3 is 0 Å². The highest BCUT2D eigenvalue weighted by Gasteiger charge is 2.08. The minimum Gasteiger partial charge on any atom is -0.300 e. The third-order valence-corrected chi connectivity index (χ3v) is 2.97. The highest BCUT2D eigenvalue weighted by atomic mass is 32.2. The van der Waals surface area contributed by atoms with Gasteiger partial charge in [-0.25, -0.2) is 0 Å². The molecular weight excluding hydrogens is 154 g/mol. The molecule has 1 fully saturated rings. The zero-order valence-corrected chi connectivity index (χ0v) is 8.28. The molecule has 0 atom stereocenters. The van der Waals surface area contributed by atoms with Crippen molar-refractivity contribution in [1.82, 2.24) is 4.90 Å². The smallest absolute Gasteiger partial charge is 0.0173 e. The van der Waals surface area contributed by atoms with Crippen molar-refractivity contribution in [3.05, 3.63) is 11.0 Å². The van der Waals surface area contributed by atoms with Gasteiger partial charge in [-0.2, -0.15) is 0 Å². The zero-order chi connectivity index (χ0) is 8.10. The SMILES string of the molecule is CSC(C)=CCN1CCCC1. The van der Waals surface area contributed by atoms with E-state index in [0.29, 0.717) is 0 Å². The van der Waals surface area contributed by atoms with Gasteiger partial charge in [0.15, 0.2) is 0 Å². The molecule has 11 heavy (non-hydrogen) atoms. The Kier molecular flexibility index (Phi) is 4.02. The Morgan fingerprint density at radius 1 is 1.45 bits per heavy atom. The Labute approximate surface area is 73.8 Å². The van der Waals surface area contributed by atoms with Crippen LogP contribution >= 0.6 is 11.8 Å². The molecule has 1 heterocycles. The molecule has 1 nitrogen and oxygen atoms in total. The van der Waals surface area contributed by atoms with E-state index in [2.05, 4.69) is 24.2 Å². The van der Waals surface area contributed by atoms with Crippen LogP contribution in [0.2, 0.25) is 0 Å². The fraction of sp³-hybridized carbons (Fsp3) is 0.778. The van der Waals surface area contributed by atoms with E-state index in [1.54, 1.807) is 0 Å². The van der Waals surface area contributed by atoms with Crippen LogP contribution in [-0.4, -0.2) is 30.8 Å². The van der Waals surface area contributed by atoms with Crippen LogP contribution in [-0.2, 0) is 0 Å². The average molecular weight is 171 g/mol. The first-order chi connectivity index (χ1) is 5.33. The Bertz CT molecular complexity index is 136. The summed E-state index contributed by atoms with van der Waals surface area (Å²) in [5, 5.41) is 0. The summed E-state index contributed by atoms with van der Waals surface area (Å²) in [5.41, 5.74) is 0. The number of nitrogens with zero attached hydrogens (tertiary/aromatic N) is 1. The van der Waals surface area contributed by atoms with E-state index in [-0.39, 0.29) is 0 Å². The second-order valence-electron chi connectivity index (χ2n) is 3.03. The van der Waals surface area contributed by atoms with Crippen LogP contribution in [0.3, 0.4) is 0 Å². The first-order valence-corrected chi connectivity index (χ1v) is 5.48. The molecule has 0 aliphatic carbocycles. The molecule has 0 aromatic rings. The Morgan fingerprint density at radius 3 is 2.64 bits per heavy atom. The Morgan fingerprint density at radius 2 is 2.09 bits per heavy atom. The first kappa shape index (κ1) is 9.14. The zero-order valence-electron chi connectivity index (χ0n) is 7.47. The van der Waals surface area contributed by atoms with E-state index in [4.69, 9.17) is 0 Å². The number of rotatable bonds is 3. The minimum atomic E-state index is 1.16. The second kappa shape index (κ2) is 4.83. The van der Waals surface area contributed by atoms with Gasteiger partial charge in [-0.1, -0.05) is 6.08 Å².